The van der Waals surface area contributed by atoms with E-state index in [2.05, 4.69) is 17.1 Å². The van der Waals surface area contributed by atoms with E-state index in [0.717, 1.165) is 13.0 Å². The topological polar surface area (TPSA) is 82.9 Å². The van der Waals surface area contributed by atoms with Gasteiger partial charge < -0.3 is 19.6 Å². The lowest BCUT2D eigenvalue weighted by Gasteiger charge is -2.16. The van der Waals surface area contributed by atoms with Crippen LogP contribution in [0.4, 0.5) is 0 Å². The number of ether oxygens (including phenoxy) is 2. The average molecular weight is 232 g/mol. The van der Waals surface area contributed by atoms with Crippen molar-refractivity contribution in [3.63, 3.8) is 0 Å². The van der Waals surface area contributed by atoms with E-state index in [0.29, 0.717) is 6.61 Å². The molecule has 2 saturated heterocycles. The molecule has 0 aromatic carbocycles. The first-order chi connectivity index (χ1) is 7.72. The molecule has 0 radical (unpaired) electrons. The van der Waals surface area contributed by atoms with Gasteiger partial charge in [-0.3, -0.25) is 0 Å². The Morgan fingerprint density at radius 3 is 2.88 bits per heavy atom. The molecule has 2 aliphatic rings. The van der Waals surface area contributed by atoms with Crippen molar-refractivity contribution in [3.8, 4) is 0 Å². The normalized spacial score (nSPS) is 37.3. The Kier molecular flexibility index (Phi) is 3.57. The summed E-state index contributed by atoms with van der Waals surface area (Å²) < 4.78 is 11.0. The van der Waals surface area contributed by atoms with Crippen LogP contribution in [0.15, 0.2) is 0 Å². The van der Waals surface area contributed by atoms with Crippen LogP contribution in [-0.2, 0) is 14.3 Å². The van der Waals surface area contributed by atoms with Crippen LogP contribution in [0.1, 0.15) is 13.3 Å². The quantitative estimate of drug-likeness (QED) is 0.519. The Labute approximate surface area is 93.1 Å². The van der Waals surface area contributed by atoms with Crippen molar-refractivity contribution in [1.82, 2.24) is 5.32 Å². The third-order valence-corrected chi connectivity index (χ3v) is 2.89. The SMILES string of the molecule is CCCN[C@@H]1CO[C@H]2[C@@H]1OC[C@@H]2O[N+](=O)[O-]. The van der Waals surface area contributed by atoms with Crippen LogP contribution in [0.3, 0.4) is 0 Å². The number of nitrogens with one attached hydrogen (secondary N) is 1. The lowest BCUT2D eigenvalue weighted by molar-refractivity contribution is -0.769. The molecule has 2 rings (SSSR count). The average Bonchev–Trinajstić information content (AvgIpc) is 2.78. The van der Waals surface area contributed by atoms with Gasteiger partial charge in [-0.25, -0.2) is 0 Å². The van der Waals surface area contributed by atoms with E-state index in [4.69, 9.17) is 9.47 Å². The smallest absolute Gasteiger partial charge is 0.294 e. The summed E-state index contributed by atoms with van der Waals surface area (Å²) >= 11 is 0. The molecule has 0 unspecified atom stereocenters. The van der Waals surface area contributed by atoms with Crippen molar-refractivity contribution in [2.24, 2.45) is 0 Å². The lowest BCUT2D eigenvalue weighted by Crippen LogP contribution is -2.41. The number of fused-ring (bicyclic) bond motifs is 1. The van der Waals surface area contributed by atoms with E-state index in [1.165, 1.54) is 0 Å². The Hall–Kier alpha value is -0.920. The van der Waals surface area contributed by atoms with Crippen LogP contribution < -0.4 is 5.32 Å². The van der Waals surface area contributed by atoms with E-state index in [-0.39, 0.29) is 24.9 Å². The molecule has 0 bridgehead atoms. The minimum absolute atomic E-state index is 0.116. The summed E-state index contributed by atoms with van der Waals surface area (Å²) in [4.78, 5) is 14.8. The van der Waals surface area contributed by atoms with Crippen molar-refractivity contribution in [1.29, 1.82) is 0 Å². The molecule has 0 aliphatic carbocycles. The van der Waals surface area contributed by atoms with Crippen molar-refractivity contribution in [3.05, 3.63) is 10.1 Å². The first-order valence-corrected chi connectivity index (χ1v) is 5.50. The molecule has 0 amide bonds. The van der Waals surface area contributed by atoms with Crippen molar-refractivity contribution in [2.45, 2.75) is 37.7 Å². The van der Waals surface area contributed by atoms with Gasteiger partial charge in [0.2, 0.25) is 0 Å². The van der Waals surface area contributed by atoms with Crippen LogP contribution in [-0.4, -0.2) is 49.2 Å². The van der Waals surface area contributed by atoms with Crippen LogP contribution in [0.5, 0.6) is 0 Å². The van der Waals surface area contributed by atoms with Crippen molar-refractivity contribution in [2.75, 3.05) is 19.8 Å². The van der Waals surface area contributed by atoms with E-state index >= 15 is 0 Å². The van der Waals surface area contributed by atoms with E-state index < -0.39 is 11.2 Å². The molecule has 0 spiro atoms. The van der Waals surface area contributed by atoms with E-state index in [9.17, 15) is 10.1 Å². The molecule has 2 fully saturated rings. The first kappa shape index (κ1) is 11.6. The number of hydrogen-bond acceptors (Lipinski definition) is 6. The molecular weight excluding hydrogens is 216 g/mol. The van der Waals surface area contributed by atoms with Crippen LogP contribution >= 0.6 is 0 Å². The standard InChI is InChI=1S/C9H16N2O5/c1-2-3-10-6-4-14-9-7(16-11(12)13)5-15-8(6)9/h6-10H,2-5H2,1H3/t6-,7+,8-,9-/m1/s1. The summed E-state index contributed by atoms with van der Waals surface area (Å²) in [7, 11) is 0. The van der Waals surface area contributed by atoms with Gasteiger partial charge in [0, 0.05) is 0 Å². The highest BCUT2D eigenvalue weighted by atomic mass is 17.0. The fraction of sp³-hybridized carbons (Fsp3) is 1.00. The molecule has 16 heavy (non-hydrogen) atoms. The Bertz CT molecular complexity index is 262. The molecule has 7 nitrogen and oxygen atoms in total. The third kappa shape index (κ3) is 2.26. The van der Waals surface area contributed by atoms with Gasteiger partial charge in [-0.05, 0) is 13.0 Å². The maximum atomic E-state index is 10.3. The molecule has 92 valence electrons. The fourth-order valence-corrected chi connectivity index (χ4v) is 2.17. The van der Waals surface area contributed by atoms with Crippen molar-refractivity contribution < 1.29 is 19.4 Å². The van der Waals surface area contributed by atoms with Gasteiger partial charge in [0.15, 0.2) is 6.10 Å². The highest BCUT2D eigenvalue weighted by Gasteiger charge is 2.49. The van der Waals surface area contributed by atoms with Crippen LogP contribution in [0, 0.1) is 10.1 Å². The van der Waals surface area contributed by atoms with E-state index in [1.807, 2.05) is 0 Å². The minimum Gasteiger partial charge on any atom is -0.371 e. The molecule has 4 atom stereocenters. The minimum atomic E-state index is -0.785. The van der Waals surface area contributed by atoms with E-state index in [1.54, 1.807) is 0 Å². The number of nitrogens with zero attached hydrogens (tertiary/aromatic N) is 1. The molecule has 2 heterocycles. The monoisotopic (exact) mass is 232 g/mol. The first-order valence-electron chi connectivity index (χ1n) is 5.50. The Balaban J connectivity index is 1.87. The predicted molar refractivity (Wildman–Crippen MR) is 53.4 cm³/mol. The number of rotatable bonds is 5. The summed E-state index contributed by atoms with van der Waals surface area (Å²) in [5.74, 6) is 0. The van der Waals surface area contributed by atoms with Gasteiger partial charge >= 0.3 is 0 Å². The zero-order chi connectivity index (χ0) is 11.5. The van der Waals surface area contributed by atoms with Gasteiger partial charge in [-0.1, -0.05) is 6.92 Å². The highest BCUT2D eigenvalue weighted by molar-refractivity contribution is 4.97. The summed E-state index contributed by atoms with van der Waals surface area (Å²) in [6, 6.07) is 0.116. The summed E-state index contributed by atoms with van der Waals surface area (Å²) in [6.45, 7) is 3.71. The summed E-state index contributed by atoms with van der Waals surface area (Å²) in [6.07, 6.45) is -0.00686. The molecular formula is C9H16N2O5. The maximum Gasteiger partial charge on any atom is 0.294 e. The second-order valence-corrected chi connectivity index (χ2v) is 4.02. The molecule has 0 aromatic heterocycles. The molecule has 0 saturated carbocycles. The second kappa shape index (κ2) is 4.94. The van der Waals surface area contributed by atoms with Gasteiger partial charge in [0.05, 0.1) is 19.3 Å². The van der Waals surface area contributed by atoms with Crippen LogP contribution in [0.2, 0.25) is 0 Å². The molecule has 0 aromatic rings. The molecule has 1 N–H and O–H groups in total. The highest BCUT2D eigenvalue weighted by Crippen LogP contribution is 2.28. The van der Waals surface area contributed by atoms with Gasteiger partial charge in [-0.15, -0.1) is 10.1 Å². The summed E-state index contributed by atoms with van der Waals surface area (Å²) in [5, 5.41) is 12.8. The zero-order valence-corrected chi connectivity index (χ0v) is 9.13. The summed E-state index contributed by atoms with van der Waals surface area (Å²) in [5.41, 5.74) is 0. The molecule has 2 aliphatic heterocycles. The Morgan fingerprint density at radius 2 is 2.19 bits per heavy atom. The van der Waals surface area contributed by atoms with Gasteiger partial charge in [0.1, 0.15) is 12.2 Å². The van der Waals surface area contributed by atoms with Crippen molar-refractivity contribution >= 4 is 0 Å². The second-order valence-electron chi connectivity index (χ2n) is 4.02. The predicted octanol–water partition coefficient (Wildman–Crippen LogP) is -0.271. The third-order valence-electron chi connectivity index (χ3n) is 2.89. The zero-order valence-electron chi connectivity index (χ0n) is 9.13. The van der Waals surface area contributed by atoms with Crippen LogP contribution in [0.25, 0.3) is 0 Å². The number of hydrogen-bond donors (Lipinski definition) is 1. The molecule has 7 heteroatoms. The fourth-order valence-electron chi connectivity index (χ4n) is 2.17. The Morgan fingerprint density at radius 1 is 1.44 bits per heavy atom. The van der Waals surface area contributed by atoms with Gasteiger partial charge in [-0.2, -0.15) is 0 Å². The largest absolute Gasteiger partial charge is 0.371 e. The van der Waals surface area contributed by atoms with Gasteiger partial charge in [0.25, 0.3) is 5.09 Å². The maximum absolute atomic E-state index is 10.3. The lowest BCUT2D eigenvalue weighted by atomic mass is 10.1.